The number of hydrogen-bond acceptors (Lipinski definition) is 5. The Hall–Kier alpha value is -1.64. The maximum atomic E-state index is 12.9. The van der Waals surface area contributed by atoms with Crippen molar-refractivity contribution in [3.63, 3.8) is 0 Å². The Kier molecular flexibility index (Phi) is 4.80. The van der Waals surface area contributed by atoms with Gasteiger partial charge in [0.2, 0.25) is 15.9 Å². The summed E-state index contributed by atoms with van der Waals surface area (Å²) in [6.45, 7) is 3.34. The highest BCUT2D eigenvalue weighted by Gasteiger charge is 2.41. The standard InChI is InChI=1S/C16H24N4O3S/c1-18-9-11-19(12-10-18)16(21)15-3-2-8-20(15)24(22,23)14-6-4-13(17)5-7-14/h4-7,15H,2-3,8-12,17H2,1H3/t15-/m0/s1. The van der Waals surface area contributed by atoms with Crippen LogP contribution in [0.5, 0.6) is 0 Å². The third-order valence-electron chi connectivity index (χ3n) is 4.79. The van der Waals surface area contributed by atoms with Gasteiger partial charge in [-0.2, -0.15) is 4.31 Å². The number of carbonyl (C=O) groups is 1. The molecule has 0 bridgehead atoms. The predicted molar refractivity (Wildman–Crippen MR) is 91.8 cm³/mol. The van der Waals surface area contributed by atoms with E-state index in [1.165, 1.54) is 16.4 Å². The molecule has 0 spiro atoms. The van der Waals surface area contributed by atoms with Gasteiger partial charge in [0.1, 0.15) is 6.04 Å². The third-order valence-corrected chi connectivity index (χ3v) is 6.71. The van der Waals surface area contributed by atoms with E-state index in [1.807, 2.05) is 7.05 Å². The molecule has 1 aromatic carbocycles. The molecule has 1 amide bonds. The number of benzene rings is 1. The molecule has 0 aliphatic carbocycles. The van der Waals surface area contributed by atoms with Gasteiger partial charge < -0.3 is 15.5 Å². The number of rotatable bonds is 3. The van der Waals surface area contributed by atoms with E-state index in [0.717, 1.165) is 13.1 Å². The lowest BCUT2D eigenvalue weighted by molar-refractivity contribution is -0.136. The van der Waals surface area contributed by atoms with E-state index in [0.29, 0.717) is 38.2 Å². The molecule has 0 radical (unpaired) electrons. The van der Waals surface area contributed by atoms with Crippen molar-refractivity contribution in [2.75, 3.05) is 45.5 Å². The lowest BCUT2D eigenvalue weighted by Crippen LogP contribution is -2.53. The Morgan fingerprint density at radius 2 is 1.71 bits per heavy atom. The minimum atomic E-state index is -3.68. The van der Waals surface area contributed by atoms with Crippen molar-refractivity contribution in [3.05, 3.63) is 24.3 Å². The molecule has 132 valence electrons. The summed E-state index contributed by atoms with van der Waals surface area (Å²) < 4.78 is 27.2. The number of anilines is 1. The Labute approximate surface area is 143 Å². The molecular formula is C16H24N4O3S. The van der Waals surface area contributed by atoms with Crippen molar-refractivity contribution in [1.29, 1.82) is 0 Å². The topological polar surface area (TPSA) is 87.0 Å². The van der Waals surface area contributed by atoms with Crippen LogP contribution in [0.15, 0.2) is 29.2 Å². The maximum Gasteiger partial charge on any atom is 0.243 e. The molecule has 24 heavy (non-hydrogen) atoms. The zero-order valence-electron chi connectivity index (χ0n) is 13.9. The summed E-state index contributed by atoms with van der Waals surface area (Å²) in [5.74, 6) is -0.0698. The van der Waals surface area contributed by atoms with E-state index in [1.54, 1.807) is 17.0 Å². The van der Waals surface area contributed by atoms with Crippen LogP contribution < -0.4 is 5.73 Å². The van der Waals surface area contributed by atoms with Gasteiger partial charge in [-0.1, -0.05) is 0 Å². The van der Waals surface area contributed by atoms with E-state index in [-0.39, 0.29) is 10.8 Å². The number of hydrogen-bond donors (Lipinski definition) is 1. The summed E-state index contributed by atoms with van der Waals surface area (Å²) in [5.41, 5.74) is 6.15. The first kappa shape index (κ1) is 17.2. The van der Waals surface area contributed by atoms with Gasteiger partial charge in [-0.3, -0.25) is 4.79 Å². The fourth-order valence-corrected chi connectivity index (χ4v) is 4.94. The van der Waals surface area contributed by atoms with Crippen molar-refractivity contribution < 1.29 is 13.2 Å². The molecule has 0 aromatic heterocycles. The van der Waals surface area contributed by atoms with Crippen LogP contribution in [0.3, 0.4) is 0 Å². The summed E-state index contributed by atoms with van der Waals surface area (Å²) in [6, 6.07) is 5.55. The van der Waals surface area contributed by atoms with Gasteiger partial charge in [0.25, 0.3) is 0 Å². The molecule has 0 unspecified atom stereocenters. The van der Waals surface area contributed by atoms with Crippen LogP contribution in [0.2, 0.25) is 0 Å². The molecule has 0 saturated carbocycles. The van der Waals surface area contributed by atoms with Gasteiger partial charge in [0.05, 0.1) is 4.90 Å². The second kappa shape index (κ2) is 6.70. The molecule has 2 N–H and O–H groups in total. The molecule has 8 heteroatoms. The number of piperazine rings is 1. The van der Waals surface area contributed by atoms with Gasteiger partial charge >= 0.3 is 0 Å². The first-order valence-electron chi connectivity index (χ1n) is 8.24. The highest BCUT2D eigenvalue weighted by Crippen LogP contribution is 2.28. The molecule has 2 heterocycles. The Morgan fingerprint density at radius 1 is 1.08 bits per heavy atom. The smallest absolute Gasteiger partial charge is 0.243 e. The van der Waals surface area contributed by atoms with Gasteiger partial charge in [-0.15, -0.1) is 0 Å². The molecule has 3 rings (SSSR count). The van der Waals surface area contributed by atoms with Crippen molar-refractivity contribution in [2.24, 2.45) is 0 Å². The maximum absolute atomic E-state index is 12.9. The highest BCUT2D eigenvalue weighted by atomic mass is 32.2. The summed E-state index contributed by atoms with van der Waals surface area (Å²) in [6.07, 6.45) is 1.29. The first-order valence-corrected chi connectivity index (χ1v) is 9.68. The normalized spacial score (nSPS) is 23.5. The lowest BCUT2D eigenvalue weighted by Gasteiger charge is -2.35. The van der Waals surface area contributed by atoms with Gasteiger partial charge in [-0.05, 0) is 44.2 Å². The lowest BCUT2D eigenvalue weighted by atomic mass is 10.2. The third kappa shape index (κ3) is 3.26. The molecular weight excluding hydrogens is 328 g/mol. The van der Waals surface area contributed by atoms with Crippen molar-refractivity contribution >= 4 is 21.6 Å². The van der Waals surface area contributed by atoms with Crippen LogP contribution in [0, 0.1) is 0 Å². The second-order valence-corrected chi connectivity index (χ2v) is 8.36. The predicted octanol–water partition coefficient (Wildman–Crippen LogP) is 0.196. The summed E-state index contributed by atoms with van der Waals surface area (Å²) in [5, 5.41) is 0. The van der Waals surface area contributed by atoms with Gasteiger partial charge in [-0.25, -0.2) is 8.42 Å². The van der Waals surface area contributed by atoms with Gasteiger partial charge in [0.15, 0.2) is 0 Å². The molecule has 7 nitrogen and oxygen atoms in total. The number of nitrogen functional groups attached to an aromatic ring is 1. The molecule has 2 fully saturated rings. The quantitative estimate of drug-likeness (QED) is 0.785. The number of carbonyl (C=O) groups excluding carboxylic acids is 1. The van der Waals surface area contributed by atoms with Gasteiger partial charge in [0, 0.05) is 38.4 Å². The van der Waals surface area contributed by atoms with Crippen LogP contribution in [-0.2, 0) is 14.8 Å². The Morgan fingerprint density at radius 3 is 2.33 bits per heavy atom. The fraction of sp³-hybridized carbons (Fsp3) is 0.562. The highest BCUT2D eigenvalue weighted by molar-refractivity contribution is 7.89. The van der Waals surface area contributed by atoms with E-state index >= 15 is 0 Å². The summed E-state index contributed by atoms with van der Waals surface area (Å²) in [4.78, 5) is 17.0. The molecule has 1 atom stereocenters. The number of nitrogens with zero attached hydrogens (tertiary/aromatic N) is 3. The molecule has 2 saturated heterocycles. The largest absolute Gasteiger partial charge is 0.399 e. The zero-order chi connectivity index (χ0) is 17.3. The number of amides is 1. The average Bonchev–Trinajstić information content (AvgIpc) is 3.06. The van der Waals surface area contributed by atoms with Crippen LogP contribution >= 0.6 is 0 Å². The van der Waals surface area contributed by atoms with E-state index in [2.05, 4.69) is 4.90 Å². The molecule has 1 aromatic rings. The summed E-state index contributed by atoms with van der Waals surface area (Å²) >= 11 is 0. The zero-order valence-corrected chi connectivity index (χ0v) is 14.7. The Bertz CT molecular complexity index is 697. The van der Waals surface area contributed by atoms with E-state index < -0.39 is 16.1 Å². The van der Waals surface area contributed by atoms with Crippen molar-refractivity contribution in [2.45, 2.75) is 23.8 Å². The second-order valence-electron chi connectivity index (χ2n) is 6.47. The minimum absolute atomic E-state index is 0.0698. The molecule has 2 aliphatic rings. The number of nitrogens with two attached hydrogens (primary N) is 1. The van der Waals surface area contributed by atoms with Crippen molar-refractivity contribution in [1.82, 2.24) is 14.1 Å². The minimum Gasteiger partial charge on any atom is -0.399 e. The fourth-order valence-electron chi connectivity index (χ4n) is 3.29. The summed E-state index contributed by atoms with van der Waals surface area (Å²) in [7, 11) is -1.66. The van der Waals surface area contributed by atoms with E-state index in [9.17, 15) is 13.2 Å². The van der Waals surface area contributed by atoms with E-state index in [4.69, 9.17) is 5.73 Å². The van der Waals surface area contributed by atoms with Crippen LogP contribution in [0.1, 0.15) is 12.8 Å². The van der Waals surface area contributed by atoms with Crippen LogP contribution in [0.25, 0.3) is 0 Å². The monoisotopic (exact) mass is 352 g/mol. The van der Waals surface area contributed by atoms with Crippen LogP contribution in [-0.4, -0.2) is 74.2 Å². The average molecular weight is 352 g/mol. The van der Waals surface area contributed by atoms with Crippen molar-refractivity contribution in [3.8, 4) is 0 Å². The van der Waals surface area contributed by atoms with Crippen LogP contribution in [0.4, 0.5) is 5.69 Å². The Balaban J connectivity index is 1.79. The SMILES string of the molecule is CN1CCN(C(=O)[C@@H]2CCCN2S(=O)(=O)c2ccc(N)cc2)CC1. The number of sulfonamides is 1. The number of likely N-dealkylation sites (N-methyl/N-ethyl adjacent to an activating group) is 1. The first-order chi connectivity index (χ1) is 11.4. The molecule has 2 aliphatic heterocycles.